The fourth-order valence-corrected chi connectivity index (χ4v) is 5.13. The average molecular weight is 570 g/mol. The second-order valence-electron chi connectivity index (χ2n) is 8.25. The molecular weight excluding hydrogens is 542 g/mol. The van der Waals surface area contributed by atoms with Crippen molar-refractivity contribution in [3.8, 4) is 5.75 Å². The van der Waals surface area contributed by atoms with E-state index in [4.69, 9.17) is 9.84 Å². The number of amides is 2. The fourth-order valence-electron chi connectivity index (χ4n) is 3.55. The molecular formula is C27H27N3O9S. The van der Waals surface area contributed by atoms with Gasteiger partial charge in [0.2, 0.25) is 10.0 Å². The van der Waals surface area contributed by atoms with Gasteiger partial charge in [0.05, 0.1) is 13.7 Å². The molecule has 0 saturated carbocycles. The van der Waals surface area contributed by atoms with Gasteiger partial charge in [0.15, 0.2) is 0 Å². The van der Waals surface area contributed by atoms with Crippen molar-refractivity contribution in [2.24, 2.45) is 0 Å². The van der Waals surface area contributed by atoms with Gasteiger partial charge in [-0.25, -0.2) is 18.0 Å². The standard InChI is InChI=1S/C27H27N3O9S/c1-3-39-27(35)25(32)29-21-14-10-19(11-15-21)17-30(40(36,37)23-7-5-4-6-22(23)38-2)16-18-8-12-20(13-9-18)28-24(31)26(33)34/h4-15H,3,16-17H2,1-2H3,(H,28,31)(H,29,32)(H,33,34). The molecule has 0 fully saturated rings. The lowest BCUT2D eigenvalue weighted by Gasteiger charge is -2.24. The zero-order chi connectivity index (χ0) is 29.3. The highest BCUT2D eigenvalue weighted by molar-refractivity contribution is 7.89. The maximum absolute atomic E-state index is 13.8. The van der Waals surface area contributed by atoms with Crippen molar-refractivity contribution < 1.29 is 42.2 Å². The van der Waals surface area contributed by atoms with Crippen LogP contribution in [0.3, 0.4) is 0 Å². The third-order valence-corrected chi connectivity index (χ3v) is 7.31. The van der Waals surface area contributed by atoms with Gasteiger partial charge in [-0.15, -0.1) is 0 Å². The minimum Gasteiger partial charge on any atom is -0.495 e. The van der Waals surface area contributed by atoms with Gasteiger partial charge >= 0.3 is 23.8 Å². The summed E-state index contributed by atoms with van der Waals surface area (Å²) in [5.41, 5.74) is 1.69. The Morgan fingerprint density at radius 2 is 1.30 bits per heavy atom. The highest BCUT2D eigenvalue weighted by Crippen LogP contribution is 2.29. The Morgan fingerprint density at radius 1 is 0.800 bits per heavy atom. The molecule has 0 saturated heterocycles. The van der Waals surface area contributed by atoms with E-state index >= 15 is 0 Å². The SMILES string of the molecule is CCOC(=O)C(=O)Nc1ccc(CN(Cc2ccc(NC(=O)C(=O)O)cc2)S(=O)(=O)c2ccccc2OC)cc1. The van der Waals surface area contributed by atoms with Crippen molar-refractivity contribution in [1.29, 1.82) is 0 Å². The van der Waals surface area contributed by atoms with Gasteiger partial charge in [0.25, 0.3) is 0 Å². The molecule has 40 heavy (non-hydrogen) atoms. The van der Waals surface area contributed by atoms with Crippen LogP contribution in [0, 0.1) is 0 Å². The first-order valence-electron chi connectivity index (χ1n) is 11.9. The molecule has 12 nitrogen and oxygen atoms in total. The summed E-state index contributed by atoms with van der Waals surface area (Å²) in [6, 6.07) is 18.5. The third-order valence-electron chi connectivity index (χ3n) is 5.48. The number of hydrogen-bond acceptors (Lipinski definition) is 8. The molecule has 2 amide bonds. The van der Waals surface area contributed by atoms with Crippen LogP contribution in [0.1, 0.15) is 18.1 Å². The van der Waals surface area contributed by atoms with Crippen molar-refractivity contribution >= 4 is 45.2 Å². The normalized spacial score (nSPS) is 11.0. The van der Waals surface area contributed by atoms with Gasteiger partial charge < -0.3 is 25.2 Å². The van der Waals surface area contributed by atoms with E-state index in [1.807, 2.05) is 0 Å². The van der Waals surface area contributed by atoms with E-state index in [0.29, 0.717) is 16.8 Å². The molecule has 0 aromatic heterocycles. The lowest BCUT2D eigenvalue weighted by Crippen LogP contribution is -2.30. The molecule has 0 radical (unpaired) electrons. The molecule has 0 aliphatic carbocycles. The van der Waals surface area contributed by atoms with E-state index in [1.54, 1.807) is 43.3 Å². The number of para-hydroxylation sites is 1. The first-order valence-corrected chi connectivity index (χ1v) is 13.3. The summed E-state index contributed by atoms with van der Waals surface area (Å²) in [5.74, 6) is -4.62. The molecule has 3 aromatic rings. The van der Waals surface area contributed by atoms with E-state index in [-0.39, 0.29) is 36.0 Å². The number of carbonyl (C=O) groups excluding carboxylic acids is 3. The number of carboxylic acids is 1. The number of rotatable bonds is 10. The third kappa shape index (κ3) is 7.65. The summed E-state index contributed by atoms with van der Waals surface area (Å²) in [6.07, 6.45) is 0. The molecule has 0 aliphatic heterocycles. The number of nitrogens with zero attached hydrogens (tertiary/aromatic N) is 1. The number of carboxylic acid groups (broad SMARTS) is 1. The fraction of sp³-hybridized carbons (Fsp3) is 0.185. The Morgan fingerprint density at radius 3 is 1.77 bits per heavy atom. The number of benzene rings is 3. The highest BCUT2D eigenvalue weighted by atomic mass is 32.2. The second-order valence-corrected chi connectivity index (χ2v) is 10.2. The predicted octanol–water partition coefficient (Wildman–Crippen LogP) is 2.61. The van der Waals surface area contributed by atoms with Crippen LogP contribution in [0.15, 0.2) is 77.7 Å². The summed E-state index contributed by atoms with van der Waals surface area (Å²) in [4.78, 5) is 45.6. The molecule has 0 atom stereocenters. The quantitative estimate of drug-likeness (QED) is 0.245. The number of anilines is 2. The van der Waals surface area contributed by atoms with Crippen LogP contribution in [0.25, 0.3) is 0 Å². The zero-order valence-corrected chi connectivity index (χ0v) is 22.4. The van der Waals surface area contributed by atoms with Crippen LogP contribution in [0.5, 0.6) is 5.75 Å². The first kappa shape index (κ1) is 29.8. The van der Waals surface area contributed by atoms with Gasteiger partial charge in [0, 0.05) is 24.5 Å². The number of aliphatic carboxylic acids is 1. The molecule has 3 rings (SSSR count). The number of hydrogen-bond donors (Lipinski definition) is 3. The molecule has 3 aromatic carbocycles. The molecule has 0 heterocycles. The monoisotopic (exact) mass is 569 g/mol. The Kier molecular flexibility index (Phi) is 9.95. The molecule has 0 spiro atoms. The van der Waals surface area contributed by atoms with E-state index in [0.717, 1.165) is 0 Å². The highest BCUT2D eigenvalue weighted by Gasteiger charge is 2.28. The molecule has 3 N–H and O–H groups in total. The largest absolute Gasteiger partial charge is 0.495 e. The van der Waals surface area contributed by atoms with Crippen molar-refractivity contribution in [1.82, 2.24) is 4.31 Å². The van der Waals surface area contributed by atoms with Crippen LogP contribution >= 0.6 is 0 Å². The lowest BCUT2D eigenvalue weighted by molar-refractivity contribution is -0.152. The molecule has 13 heteroatoms. The van der Waals surface area contributed by atoms with E-state index in [2.05, 4.69) is 15.4 Å². The Bertz CT molecular complexity index is 1490. The van der Waals surface area contributed by atoms with Crippen LogP contribution < -0.4 is 15.4 Å². The second kappa shape index (κ2) is 13.4. The van der Waals surface area contributed by atoms with Crippen molar-refractivity contribution in [2.45, 2.75) is 24.9 Å². The smallest absolute Gasteiger partial charge is 0.397 e. The minimum absolute atomic E-state index is 0.0406. The minimum atomic E-state index is -4.10. The van der Waals surface area contributed by atoms with Crippen molar-refractivity contribution in [2.75, 3.05) is 24.4 Å². The maximum atomic E-state index is 13.8. The topological polar surface area (TPSA) is 168 Å². The van der Waals surface area contributed by atoms with E-state index in [1.165, 1.54) is 47.8 Å². The summed E-state index contributed by atoms with van der Waals surface area (Å²) < 4.78 is 38.7. The number of esters is 1. The van der Waals surface area contributed by atoms with E-state index < -0.39 is 33.8 Å². The van der Waals surface area contributed by atoms with Gasteiger partial charge in [-0.3, -0.25) is 9.59 Å². The van der Waals surface area contributed by atoms with Crippen molar-refractivity contribution in [3.63, 3.8) is 0 Å². The average Bonchev–Trinajstić information content (AvgIpc) is 2.94. The predicted molar refractivity (Wildman–Crippen MR) is 144 cm³/mol. The number of sulfonamides is 1. The summed E-state index contributed by atoms with van der Waals surface area (Å²) >= 11 is 0. The number of nitrogens with one attached hydrogen (secondary N) is 2. The van der Waals surface area contributed by atoms with Crippen LogP contribution in [-0.4, -0.2) is 55.3 Å². The Balaban J connectivity index is 1.87. The summed E-state index contributed by atoms with van der Waals surface area (Å²) in [5, 5.41) is 13.4. The first-order chi connectivity index (χ1) is 19.0. The maximum Gasteiger partial charge on any atom is 0.397 e. The number of methoxy groups -OCH3 is 1. The van der Waals surface area contributed by atoms with Crippen LogP contribution in [-0.2, 0) is 47.0 Å². The number of carbonyl (C=O) groups is 4. The molecule has 0 aliphatic rings. The van der Waals surface area contributed by atoms with Gasteiger partial charge in [-0.1, -0.05) is 36.4 Å². The van der Waals surface area contributed by atoms with Crippen LogP contribution in [0.4, 0.5) is 11.4 Å². The zero-order valence-electron chi connectivity index (χ0n) is 21.6. The van der Waals surface area contributed by atoms with E-state index in [9.17, 15) is 27.6 Å². The lowest BCUT2D eigenvalue weighted by atomic mass is 10.1. The van der Waals surface area contributed by atoms with Gasteiger partial charge in [-0.05, 0) is 54.4 Å². The van der Waals surface area contributed by atoms with Gasteiger partial charge in [-0.2, -0.15) is 4.31 Å². The Hall–Kier alpha value is -4.75. The summed E-state index contributed by atoms with van der Waals surface area (Å²) in [7, 11) is -2.73. The number of ether oxygens (including phenoxy) is 2. The Labute approximate surface area is 230 Å². The summed E-state index contributed by atoms with van der Waals surface area (Å²) in [6.45, 7) is 1.50. The van der Waals surface area contributed by atoms with Crippen molar-refractivity contribution in [3.05, 3.63) is 83.9 Å². The molecule has 0 bridgehead atoms. The molecule has 0 unspecified atom stereocenters. The van der Waals surface area contributed by atoms with Crippen LogP contribution in [0.2, 0.25) is 0 Å². The molecule has 210 valence electrons. The van der Waals surface area contributed by atoms with Gasteiger partial charge in [0.1, 0.15) is 10.6 Å².